The Morgan fingerprint density at radius 3 is 2.95 bits per heavy atom. The predicted octanol–water partition coefficient (Wildman–Crippen LogP) is -0.717. The van der Waals surface area contributed by atoms with Crippen molar-refractivity contribution in [3.63, 3.8) is 0 Å². The van der Waals surface area contributed by atoms with Gasteiger partial charge in [-0.3, -0.25) is 4.57 Å². The number of nitrogens with zero attached hydrogens (tertiary/aromatic N) is 4. The molecule has 0 bridgehead atoms. The van der Waals surface area contributed by atoms with Crippen molar-refractivity contribution in [3.8, 4) is 0 Å². The summed E-state index contributed by atoms with van der Waals surface area (Å²) in [6.45, 7) is -4.00. The molecule has 3 heterocycles. The lowest BCUT2D eigenvalue weighted by Crippen LogP contribution is -2.25. The maximum absolute atomic E-state index is 10.0. The maximum atomic E-state index is 10.0. The Bertz CT molecular complexity index is 736. The average molecular weight is 347 g/mol. The van der Waals surface area contributed by atoms with E-state index in [1.807, 2.05) is 0 Å². The Morgan fingerprint density at radius 2 is 2.23 bits per heavy atom. The number of ether oxygens (including phenoxy) is 1. The third-order valence-corrected chi connectivity index (χ3v) is 4.11. The van der Waals surface area contributed by atoms with Gasteiger partial charge in [0.2, 0.25) is 0 Å². The largest absolute Gasteiger partial charge is 0.390 e. The minimum Gasteiger partial charge on any atom is -0.390 e. The van der Waals surface area contributed by atoms with E-state index in [1.165, 1.54) is 12.7 Å². The van der Waals surface area contributed by atoms with Crippen LogP contribution < -0.4 is 5.73 Å². The first-order chi connectivity index (χ1) is 10.3. The van der Waals surface area contributed by atoms with Crippen LogP contribution in [0.2, 0.25) is 0 Å². The zero-order valence-electron chi connectivity index (χ0n) is 11.2. The molecular formula is C10H14N5O5PS. The second-order valence-electron chi connectivity index (χ2n) is 4.80. The van der Waals surface area contributed by atoms with Crippen LogP contribution in [0.1, 0.15) is 12.6 Å². The summed E-state index contributed by atoms with van der Waals surface area (Å²) >= 11 is 4.36. The number of hydrogen-bond donors (Lipinski definition) is 4. The van der Waals surface area contributed by atoms with Gasteiger partial charge in [-0.05, 0) is 11.8 Å². The summed E-state index contributed by atoms with van der Waals surface area (Å²) in [6.07, 6.45) is 0.974. The van der Waals surface area contributed by atoms with Crippen LogP contribution in [-0.2, 0) is 21.1 Å². The number of nitrogen functional groups attached to an aromatic ring is 1. The maximum Gasteiger partial charge on any atom is 0.321 e. The minimum atomic E-state index is -3.78. The molecule has 22 heavy (non-hydrogen) atoms. The number of imidazole rings is 1. The Balaban J connectivity index is 1.78. The molecule has 0 spiro atoms. The standard InChI is InChI=1S/C10H14N5O5PS/c11-9-8-10(13-3-12-9)15(4-14-8)7-1-5(16)6(20-7)2-19-21(17,18)22/h3-7,16H,1-2H2,(H2,11,12,13)(H2,17,18,22)/t5-,6?,7+/m0/s1. The monoisotopic (exact) mass is 347 g/mol. The average Bonchev–Trinajstić information content (AvgIpc) is 3.00. The normalized spacial score (nSPS) is 25.9. The Morgan fingerprint density at radius 1 is 1.45 bits per heavy atom. The highest BCUT2D eigenvalue weighted by Gasteiger charge is 2.36. The van der Waals surface area contributed by atoms with Crippen LogP contribution in [0, 0.1) is 0 Å². The molecule has 0 amide bonds. The molecule has 3 atom stereocenters. The molecule has 12 heteroatoms. The molecule has 0 aliphatic carbocycles. The smallest absolute Gasteiger partial charge is 0.321 e. The molecule has 1 fully saturated rings. The molecule has 1 aliphatic heterocycles. The molecule has 5 N–H and O–H groups in total. The molecule has 1 unspecified atom stereocenters. The topological polar surface area (TPSA) is 149 Å². The van der Waals surface area contributed by atoms with Gasteiger partial charge in [0.05, 0.1) is 19.0 Å². The Kier molecular flexibility index (Phi) is 4.12. The van der Waals surface area contributed by atoms with E-state index in [1.54, 1.807) is 4.57 Å². The molecule has 2 aromatic rings. The first kappa shape index (κ1) is 15.7. The summed E-state index contributed by atoms with van der Waals surface area (Å²) in [4.78, 5) is 30.2. The van der Waals surface area contributed by atoms with Crippen LogP contribution in [0.3, 0.4) is 0 Å². The third-order valence-electron chi connectivity index (χ3n) is 3.31. The van der Waals surface area contributed by atoms with Gasteiger partial charge in [-0.2, -0.15) is 0 Å². The zero-order chi connectivity index (χ0) is 15.9. The van der Waals surface area contributed by atoms with Crippen molar-refractivity contribution in [2.24, 2.45) is 0 Å². The van der Waals surface area contributed by atoms with Crippen LogP contribution in [0.5, 0.6) is 0 Å². The minimum absolute atomic E-state index is 0.217. The van der Waals surface area contributed by atoms with E-state index in [-0.39, 0.29) is 18.8 Å². The van der Waals surface area contributed by atoms with Gasteiger partial charge in [-0.1, -0.05) is 0 Å². The van der Waals surface area contributed by atoms with E-state index in [0.29, 0.717) is 11.2 Å². The fraction of sp³-hybridized carbons (Fsp3) is 0.500. The van der Waals surface area contributed by atoms with Crippen LogP contribution in [0.25, 0.3) is 11.2 Å². The molecule has 0 radical (unpaired) electrons. The number of aliphatic hydroxyl groups is 1. The van der Waals surface area contributed by atoms with Gasteiger partial charge in [0.15, 0.2) is 11.5 Å². The number of rotatable bonds is 4. The molecule has 3 rings (SSSR count). The Labute approximate surface area is 129 Å². The highest BCUT2D eigenvalue weighted by atomic mass is 32.5. The molecule has 0 aromatic carbocycles. The number of nitrogens with two attached hydrogens (primary N) is 1. The highest BCUT2D eigenvalue weighted by molar-refractivity contribution is 8.06. The van der Waals surface area contributed by atoms with Gasteiger partial charge in [-0.15, -0.1) is 0 Å². The molecule has 2 aromatic heterocycles. The van der Waals surface area contributed by atoms with E-state index in [0.717, 1.165) is 0 Å². The first-order valence-corrected chi connectivity index (χ1v) is 8.94. The van der Waals surface area contributed by atoms with Crippen molar-refractivity contribution in [1.82, 2.24) is 19.5 Å². The van der Waals surface area contributed by atoms with Crippen molar-refractivity contribution < 1.29 is 24.2 Å². The van der Waals surface area contributed by atoms with Crippen molar-refractivity contribution in [3.05, 3.63) is 12.7 Å². The second-order valence-corrected chi connectivity index (χ2v) is 7.47. The van der Waals surface area contributed by atoms with Gasteiger partial charge in [-0.25, -0.2) is 15.0 Å². The number of aliphatic hydroxyl groups excluding tert-OH is 1. The predicted molar refractivity (Wildman–Crippen MR) is 78.9 cm³/mol. The molecular weight excluding hydrogens is 333 g/mol. The number of aromatic nitrogens is 4. The van der Waals surface area contributed by atoms with E-state index in [2.05, 4.69) is 26.8 Å². The van der Waals surface area contributed by atoms with E-state index < -0.39 is 25.2 Å². The van der Waals surface area contributed by atoms with Crippen LogP contribution in [-0.4, -0.2) is 53.2 Å². The van der Waals surface area contributed by atoms with Crippen LogP contribution in [0.15, 0.2) is 12.7 Å². The van der Waals surface area contributed by atoms with Crippen molar-refractivity contribution in [2.45, 2.75) is 24.9 Å². The Hall–Kier alpha value is -1.20. The lowest BCUT2D eigenvalue weighted by molar-refractivity contribution is -0.0399. The molecule has 1 aliphatic rings. The summed E-state index contributed by atoms with van der Waals surface area (Å²) in [7, 11) is 0. The molecule has 0 saturated carbocycles. The van der Waals surface area contributed by atoms with E-state index in [9.17, 15) is 5.11 Å². The van der Waals surface area contributed by atoms with Crippen molar-refractivity contribution >= 4 is 35.5 Å². The fourth-order valence-electron chi connectivity index (χ4n) is 2.29. The summed E-state index contributed by atoms with van der Waals surface area (Å²) in [6, 6.07) is 0. The van der Waals surface area contributed by atoms with E-state index in [4.69, 9.17) is 24.8 Å². The third kappa shape index (κ3) is 3.10. The van der Waals surface area contributed by atoms with Gasteiger partial charge in [0.1, 0.15) is 24.2 Å². The van der Waals surface area contributed by atoms with Crippen LogP contribution >= 0.6 is 6.72 Å². The highest BCUT2D eigenvalue weighted by Crippen LogP contribution is 2.39. The van der Waals surface area contributed by atoms with Crippen molar-refractivity contribution in [2.75, 3.05) is 12.3 Å². The molecule has 1 saturated heterocycles. The van der Waals surface area contributed by atoms with Gasteiger partial charge in [0.25, 0.3) is 0 Å². The van der Waals surface area contributed by atoms with E-state index >= 15 is 0 Å². The summed E-state index contributed by atoms with van der Waals surface area (Å²) in [5.41, 5.74) is 6.65. The zero-order valence-corrected chi connectivity index (χ0v) is 12.9. The number of anilines is 1. The number of fused-ring (bicyclic) bond motifs is 1. The number of hydrogen-bond acceptors (Lipinski definition) is 8. The van der Waals surface area contributed by atoms with Gasteiger partial charge in [0, 0.05) is 6.42 Å². The van der Waals surface area contributed by atoms with Gasteiger partial charge < -0.3 is 29.9 Å². The lowest BCUT2D eigenvalue weighted by atomic mass is 10.2. The molecule has 10 nitrogen and oxygen atoms in total. The first-order valence-electron chi connectivity index (χ1n) is 6.32. The summed E-state index contributed by atoms with van der Waals surface area (Å²) < 4.78 is 12.0. The second kappa shape index (κ2) is 5.78. The molecule has 120 valence electrons. The lowest BCUT2D eigenvalue weighted by Gasteiger charge is -2.17. The SMILES string of the molecule is Nc1ncnc2c1ncn2[C@H]1C[C@H](O)C(COP(O)(O)=S)O1. The summed E-state index contributed by atoms with van der Waals surface area (Å²) in [5, 5.41) is 10.0. The summed E-state index contributed by atoms with van der Waals surface area (Å²) in [5.74, 6) is 0.253. The van der Waals surface area contributed by atoms with Crippen LogP contribution in [0.4, 0.5) is 5.82 Å². The van der Waals surface area contributed by atoms with Gasteiger partial charge >= 0.3 is 6.72 Å². The quantitative estimate of drug-likeness (QED) is 0.522. The fourth-order valence-corrected chi connectivity index (χ4v) is 2.81. The van der Waals surface area contributed by atoms with Crippen molar-refractivity contribution in [1.29, 1.82) is 0 Å².